The van der Waals surface area contributed by atoms with E-state index in [1.807, 2.05) is 0 Å². The van der Waals surface area contributed by atoms with Gasteiger partial charge in [0.2, 0.25) is 0 Å². The van der Waals surface area contributed by atoms with Gasteiger partial charge in [-0.15, -0.1) is 0 Å². The van der Waals surface area contributed by atoms with Gasteiger partial charge < -0.3 is 4.74 Å². The van der Waals surface area contributed by atoms with Crippen LogP contribution in [0.2, 0.25) is 0 Å². The standard InChI is InChI=1S/C13H17BrO/c1-2-10-3-8-13(15-9-10)11-4-6-12(14)7-5-11/h4-7,10,13H,2-3,8-9H2,1H3. The van der Waals surface area contributed by atoms with Gasteiger partial charge in [0.05, 0.1) is 12.7 Å². The van der Waals surface area contributed by atoms with Gasteiger partial charge in [-0.3, -0.25) is 0 Å². The molecule has 1 aliphatic rings. The summed E-state index contributed by atoms with van der Waals surface area (Å²) in [6.07, 6.45) is 4.03. The van der Waals surface area contributed by atoms with Crippen molar-refractivity contribution in [2.24, 2.45) is 5.92 Å². The third-order valence-corrected chi connectivity index (χ3v) is 3.72. The molecule has 1 saturated heterocycles. The largest absolute Gasteiger partial charge is 0.373 e. The number of rotatable bonds is 2. The van der Waals surface area contributed by atoms with Crippen LogP contribution >= 0.6 is 15.9 Å². The Hall–Kier alpha value is -0.340. The van der Waals surface area contributed by atoms with Crippen molar-refractivity contribution in [2.75, 3.05) is 6.61 Å². The molecule has 0 N–H and O–H groups in total. The van der Waals surface area contributed by atoms with Crippen LogP contribution in [0.4, 0.5) is 0 Å². The summed E-state index contributed by atoms with van der Waals surface area (Å²) in [5, 5.41) is 0. The highest BCUT2D eigenvalue weighted by atomic mass is 79.9. The summed E-state index contributed by atoms with van der Waals surface area (Å²) in [4.78, 5) is 0. The molecule has 1 heterocycles. The zero-order valence-corrected chi connectivity index (χ0v) is 10.7. The van der Waals surface area contributed by atoms with Gasteiger partial charge in [0, 0.05) is 4.47 Å². The molecule has 2 rings (SSSR count). The number of hydrogen-bond donors (Lipinski definition) is 0. The number of benzene rings is 1. The molecule has 0 saturated carbocycles. The molecule has 0 amide bonds. The van der Waals surface area contributed by atoms with Gasteiger partial charge in [-0.2, -0.15) is 0 Å². The summed E-state index contributed by atoms with van der Waals surface area (Å²) in [6, 6.07) is 8.48. The van der Waals surface area contributed by atoms with E-state index in [0.29, 0.717) is 6.10 Å². The molecule has 1 fully saturated rings. The van der Waals surface area contributed by atoms with E-state index in [-0.39, 0.29) is 0 Å². The predicted octanol–water partition coefficient (Wildman–Crippen LogP) is 4.33. The molecule has 0 aliphatic carbocycles. The first-order valence-corrected chi connectivity index (χ1v) is 6.46. The normalized spacial score (nSPS) is 26.5. The van der Waals surface area contributed by atoms with Crippen LogP contribution in [-0.4, -0.2) is 6.61 Å². The van der Waals surface area contributed by atoms with Crippen LogP contribution in [0, 0.1) is 5.92 Å². The van der Waals surface area contributed by atoms with Gasteiger partial charge in [-0.25, -0.2) is 0 Å². The Morgan fingerprint density at radius 1 is 1.27 bits per heavy atom. The molecule has 1 nitrogen and oxygen atoms in total. The fourth-order valence-electron chi connectivity index (χ4n) is 2.07. The smallest absolute Gasteiger partial charge is 0.0825 e. The summed E-state index contributed by atoms with van der Waals surface area (Å²) < 4.78 is 7.02. The van der Waals surface area contributed by atoms with E-state index >= 15 is 0 Å². The van der Waals surface area contributed by atoms with E-state index in [1.54, 1.807) is 0 Å². The Labute approximate surface area is 100.0 Å². The van der Waals surface area contributed by atoms with Crippen molar-refractivity contribution in [1.82, 2.24) is 0 Å². The first-order chi connectivity index (χ1) is 7.29. The van der Waals surface area contributed by atoms with Crippen molar-refractivity contribution >= 4 is 15.9 Å². The van der Waals surface area contributed by atoms with Gasteiger partial charge in [-0.05, 0) is 36.5 Å². The summed E-state index contributed by atoms with van der Waals surface area (Å²) in [5.74, 6) is 0.775. The van der Waals surface area contributed by atoms with E-state index in [4.69, 9.17) is 4.74 Å². The molecule has 1 aromatic carbocycles. The molecule has 2 atom stereocenters. The molecule has 0 aromatic heterocycles. The van der Waals surface area contributed by atoms with Crippen LogP contribution in [0.5, 0.6) is 0 Å². The van der Waals surface area contributed by atoms with E-state index < -0.39 is 0 Å². The fourth-order valence-corrected chi connectivity index (χ4v) is 2.33. The van der Waals surface area contributed by atoms with Gasteiger partial charge in [0.1, 0.15) is 0 Å². The van der Waals surface area contributed by atoms with Crippen LogP contribution < -0.4 is 0 Å². The topological polar surface area (TPSA) is 9.23 Å². The average Bonchev–Trinajstić information content (AvgIpc) is 2.30. The number of ether oxygens (including phenoxy) is 1. The maximum atomic E-state index is 5.89. The van der Waals surface area contributed by atoms with Gasteiger partial charge in [0.25, 0.3) is 0 Å². The monoisotopic (exact) mass is 268 g/mol. The molecule has 0 spiro atoms. The molecule has 2 unspecified atom stereocenters. The van der Waals surface area contributed by atoms with Crippen molar-refractivity contribution in [2.45, 2.75) is 32.3 Å². The van der Waals surface area contributed by atoms with Crippen molar-refractivity contribution in [1.29, 1.82) is 0 Å². The van der Waals surface area contributed by atoms with Crippen LogP contribution in [0.1, 0.15) is 37.9 Å². The minimum absolute atomic E-state index is 0.320. The van der Waals surface area contributed by atoms with Crippen LogP contribution in [0.3, 0.4) is 0 Å². The second-order valence-corrected chi connectivity index (χ2v) is 5.14. The highest BCUT2D eigenvalue weighted by Crippen LogP contribution is 2.32. The van der Waals surface area contributed by atoms with Crippen molar-refractivity contribution < 1.29 is 4.74 Å². The highest BCUT2D eigenvalue weighted by Gasteiger charge is 2.21. The van der Waals surface area contributed by atoms with E-state index in [0.717, 1.165) is 17.0 Å². The molecule has 0 radical (unpaired) electrons. The molecule has 15 heavy (non-hydrogen) atoms. The van der Waals surface area contributed by atoms with Crippen LogP contribution in [-0.2, 0) is 4.74 Å². The first-order valence-electron chi connectivity index (χ1n) is 5.66. The van der Waals surface area contributed by atoms with Crippen molar-refractivity contribution in [3.63, 3.8) is 0 Å². The minimum atomic E-state index is 0.320. The summed E-state index contributed by atoms with van der Waals surface area (Å²) in [5.41, 5.74) is 1.31. The Bertz CT molecular complexity index is 299. The molecule has 2 heteroatoms. The molecular formula is C13H17BrO. The molecule has 82 valence electrons. The number of hydrogen-bond acceptors (Lipinski definition) is 1. The van der Waals surface area contributed by atoms with Crippen molar-refractivity contribution in [3.05, 3.63) is 34.3 Å². The van der Waals surface area contributed by atoms with E-state index in [1.165, 1.54) is 24.8 Å². The highest BCUT2D eigenvalue weighted by molar-refractivity contribution is 9.10. The molecular weight excluding hydrogens is 252 g/mol. The lowest BCUT2D eigenvalue weighted by Crippen LogP contribution is -2.19. The van der Waals surface area contributed by atoms with Crippen molar-refractivity contribution in [3.8, 4) is 0 Å². The van der Waals surface area contributed by atoms with E-state index in [2.05, 4.69) is 47.1 Å². The fraction of sp³-hybridized carbons (Fsp3) is 0.538. The Balaban J connectivity index is 1.98. The lowest BCUT2D eigenvalue weighted by Gasteiger charge is -2.28. The SMILES string of the molecule is CCC1CCC(c2ccc(Br)cc2)OC1. The van der Waals surface area contributed by atoms with Gasteiger partial charge in [-0.1, -0.05) is 41.4 Å². The Morgan fingerprint density at radius 2 is 2.00 bits per heavy atom. The summed E-state index contributed by atoms with van der Waals surface area (Å²) in [7, 11) is 0. The Kier molecular flexibility index (Phi) is 3.81. The second kappa shape index (κ2) is 5.13. The summed E-state index contributed by atoms with van der Waals surface area (Å²) >= 11 is 3.45. The van der Waals surface area contributed by atoms with Gasteiger partial charge >= 0.3 is 0 Å². The van der Waals surface area contributed by atoms with Crippen LogP contribution in [0.15, 0.2) is 28.7 Å². The maximum Gasteiger partial charge on any atom is 0.0825 e. The Morgan fingerprint density at radius 3 is 2.53 bits per heavy atom. The maximum absolute atomic E-state index is 5.89. The zero-order valence-electron chi connectivity index (χ0n) is 9.08. The molecule has 1 aromatic rings. The predicted molar refractivity (Wildman–Crippen MR) is 65.9 cm³/mol. The van der Waals surface area contributed by atoms with Gasteiger partial charge in [0.15, 0.2) is 0 Å². The third kappa shape index (κ3) is 2.82. The zero-order chi connectivity index (χ0) is 10.7. The minimum Gasteiger partial charge on any atom is -0.373 e. The van der Waals surface area contributed by atoms with Crippen LogP contribution in [0.25, 0.3) is 0 Å². The second-order valence-electron chi connectivity index (χ2n) is 4.23. The summed E-state index contributed by atoms with van der Waals surface area (Å²) in [6.45, 7) is 3.17. The lowest BCUT2D eigenvalue weighted by molar-refractivity contribution is -0.0180. The average molecular weight is 269 g/mol. The molecule has 0 bridgehead atoms. The molecule has 1 aliphatic heterocycles. The quantitative estimate of drug-likeness (QED) is 0.776. The first kappa shape index (κ1) is 11.2. The lowest BCUT2D eigenvalue weighted by atomic mass is 9.93. The number of halogens is 1. The third-order valence-electron chi connectivity index (χ3n) is 3.19. The van der Waals surface area contributed by atoms with E-state index in [9.17, 15) is 0 Å².